The van der Waals surface area contributed by atoms with Gasteiger partial charge in [-0.05, 0) is 59.2 Å². The predicted octanol–water partition coefficient (Wildman–Crippen LogP) is 4.55. The van der Waals surface area contributed by atoms with Crippen molar-refractivity contribution in [3.63, 3.8) is 0 Å². The number of ketones is 1. The maximum absolute atomic E-state index is 12.8. The minimum absolute atomic E-state index is 0. The summed E-state index contributed by atoms with van der Waals surface area (Å²) >= 11 is 0. The number of carbonyl (C=O) groups is 1. The van der Waals surface area contributed by atoms with Gasteiger partial charge < -0.3 is 0 Å². The van der Waals surface area contributed by atoms with E-state index in [1.54, 1.807) is 30.5 Å². The Morgan fingerprint density at radius 3 is 2.55 bits per heavy atom. The Hall–Kier alpha value is -3.45. The summed E-state index contributed by atoms with van der Waals surface area (Å²) in [6.45, 7) is 0. The van der Waals surface area contributed by atoms with Crippen molar-refractivity contribution < 1.29 is 13.2 Å². The second-order valence-corrected chi connectivity index (χ2v) is 10.2. The molecule has 2 aromatic heterocycles. The van der Waals surface area contributed by atoms with Crippen LogP contribution in [0.1, 0.15) is 36.6 Å². The Morgan fingerprint density at radius 2 is 1.79 bits per heavy atom. The number of hydrogen-bond donors (Lipinski definition) is 0. The fourth-order valence-corrected chi connectivity index (χ4v) is 5.37. The number of aromatic nitrogens is 3. The summed E-state index contributed by atoms with van der Waals surface area (Å²) < 4.78 is 25.3. The molecule has 0 radical (unpaired) electrons. The normalized spacial score (nSPS) is 17.3. The third-order valence-electron chi connectivity index (χ3n) is 5.92. The molecule has 1 aliphatic rings. The Labute approximate surface area is 193 Å². The van der Waals surface area contributed by atoms with Crippen LogP contribution in [0.15, 0.2) is 84.1 Å². The summed E-state index contributed by atoms with van der Waals surface area (Å²) in [5.41, 5.74) is 2.42. The molecule has 2 aromatic carbocycles. The number of nitrogens with zero attached hydrogens (tertiary/aromatic N) is 3. The highest BCUT2D eigenvalue weighted by molar-refractivity contribution is 7.90. The van der Waals surface area contributed by atoms with Gasteiger partial charge in [-0.3, -0.25) is 9.78 Å². The lowest BCUT2D eigenvalue weighted by Gasteiger charge is -2.06. The van der Waals surface area contributed by atoms with Crippen LogP contribution in [0, 0.1) is 5.92 Å². The van der Waals surface area contributed by atoms with E-state index in [-0.39, 0.29) is 35.7 Å². The molecule has 7 heteroatoms. The molecule has 1 saturated carbocycles. The molecule has 5 rings (SSSR count). The van der Waals surface area contributed by atoms with Gasteiger partial charge in [0.1, 0.15) is 5.78 Å². The van der Waals surface area contributed by atoms with Gasteiger partial charge in [-0.1, -0.05) is 37.8 Å². The van der Waals surface area contributed by atoms with Gasteiger partial charge in [0.15, 0.2) is 9.84 Å². The number of fused-ring (bicyclic) bond motifs is 1. The lowest BCUT2D eigenvalue weighted by Crippen LogP contribution is -2.07. The van der Waals surface area contributed by atoms with Crippen molar-refractivity contribution in [2.75, 3.05) is 0 Å². The number of rotatable bonds is 7. The summed E-state index contributed by atoms with van der Waals surface area (Å²) in [4.78, 5) is 17.2. The van der Waals surface area contributed by atoms with Crippen LogP contribution in [-0.4, -0.2) is 29.4 Å². The summed E-state index contributed by atoms with van der Waals surface area (Å²) in [5, 5.41) is 9.72. The summed E-state index contributed by atoms with van der Waals surface area (Å²) in [6, 6.07) is 18.2. The van der Waals surface area contributed by atoms with Crippen molar-refractivity contribution in [3.8, 4) is 0 Å². The van der Waals surface area contributed by atoms with Gasteiger partial charge in [-0.15, -0.1) is 0 Å². The molecule has 1 aliphatic carbocycles. The summed E-state index contributed by atoms with van der Waals surface area (Å²) in [7, 11) is -3.50. The van der Waals surface area contributed by atoms with Gasteiger partial charge in [0.25, 0.3) is 0 Å². The molecule has 0 amide bonds. The van der Waals surface area contributed by atoms with Crippen LogP contribution in [-0.2, 0) is 26.8 Å². The SMILES string of the molecule is C.O=C(Cc1ccc2cnccc2c1)[C@@H]1CC1c1ccc(S(=O)(=O)Cc2cccnn2)cc1. The van der Waals surface area contributed by atoms with Crippen molar-refractivity contribution >= 4 is 26.4 Å². The number of Topliss-reactive ketones (excluding diaryl/α,β-unsaturated/α-hetero) is 1. The molecular formula is C26H25N3O3S. The van der Waals surface area contributed by atoms with Gasteiger partial charge in [-0.2, -0.15) is 10.2 Å². The summed E-state index contributed by atoms with van der Waals surface area (Å²) in [6.07, 6.45) is 6.29. The van der Waals surface area contributed by atoms with Gasteiger partial charge in [-0.25, -0.2) is 8.42 Å². The van der Waals surface area contributed by atoms with E-state index in [0.29, 0.717) is 12.1 Å². The van der Waals surface area contributed by atoms with E-state index in [4.69, 9.17) is 0 Å². The van der Waals surface area contributed by atoms with Crippen LogP contribution < -0.4 is 0 Å². The minimum Gasteiger partial charge on any atom is -0.299 e. The Balaban J connectivity index is 0.00000259. The molecule has 0 spiro atoms. The first-order valence-corrected chi connectivity index (χ1v) is 12.1. The smallest absolute Gasteiger partial charge is 0.184 e. The first-order chi connectivity index (χ1) is 15.5. The van der Waals surface area contributed by atoms with Gasteiger partial charge in [0.05, 0.1) is 16.3 Å². The Kier molecular flexibility index (Phi) is 6.33. The van der Waals surface area contributed by atoms with Gasteiger partial charge in [0, 0.05) is 36.3 Å². The molecule has 1 fully saturated rings. The lowest BCUT2D eigenvalue weighted by molar-refractivity contribution is -0.119. The van der Waals surface area contributed by atoms with E-state index in [9.17, 15) is 13.2 Å². The maximum atomic E-state index is 12.8. The van der Waals surface area contributed by atoms with Gasteiger partial charge >= 0.3 is 0 Å². The quantitative estimate of drug-likeness (QED) is 0.403. The lowest BCUT2D eigenvalue weighted by atomic mass is 10.0. The Morgan fingerprint density at radius 1 is 0.970 bits per heavy atom. The predicted molar refractivity (Wildman–Crippen MR) is 127 cm³/mol. The van der Waals surface area contributed by atoms with Crippen LogP contribution in [0.2, 0.25) is 0 Å². The van der Waals surface area contributed by atoms with Crippen LogP contribution >= 0.6 is 0 Å². The molecule has 0 bridgehead atoms. The molecule has 168 valence electrons. The van der Waals surface area contributed by atoms with Crippen LogP contribution in [0.5, 0.6) is 0 Å². The van der Waals surface area contributed by atoms with E-state index >= 15 is 0 Å². The molecule has 2 heterocycles. The molecule has 0 saturated heterocycles. The molecule has 1 unspecified atom stereocenters. The van der Waals surface area contributed by atoms with Crippen molar-refractivity contribution in [1.82, 2.24) is 15.2 Å². The molecule has 0 aliphatic heterocycles. The molecule has 2 atom stereocenters. The second-order valence-electron chi connectivity index (χ2n) is 8.19. The van der Waals surface area contributed by atoms with Crippen molar-refractivity contribution in [3.05, 3.63) is 96.1 Å². The van der Waals surface area contributed by atoms with E-state index < -0.39 is 9.84 Å². The highest BCUT2D eigenvalue weighted by Gasteiger charge is 2.43. The van der Waals surface area contributed by atoms with E-state index in [1.807, 2.05) is 42.6 Å². The molecule has 6 nitrogen and oxygen atoms in total. The number of hydrogen-bond acceptors (Lipinski definition) is 6. The largest absolute Gasteiger partial charge is 0.299 e. The number of pyridine rings is 1. The third-order valence-corrected chi connectivity index (χ3v) is 7.59. The maximum Gasteiger partial charge on any atom is 0.184 e. The molecular weight excluding hydrogens is 434 g/mol. The molecule has 0 N–H and O–H groups in total. The second kappa shape index (κ2) is 9.19. The highest BCUT2D eigenvalue weighted by Crippen LogP contribution is 2.48. The van der Waals surface area contributed by atoms with E-state index in [0.717, 1.165) is 28.3 Å². The Bertz CT molecular complexity index is 1390. The zero-order valence-electron chi connectivity index (χ0n) is 17.3. The van der Waals surface area contributed by atoms with Crippen molar-refractivity contribution in [1.29, 1.82) is 0 Å². The summed E-state index contributed by atoms with van der Waals surface area (Å²) in [5.74, 6) is 0.184. The first-order valence-electron chi connectivity index (χ1n) is 10.4. The number of benzene rings is 2. The monoisotopic (exact) mass is 459 g/mol. The average Bonchev–Trinajstić information content (AvgIpc) is 3.61. The van der Waals surface area contributed by atoms with Crippen LogP contribution in [0.3, 0.4) is 0 Å². The first kappa shape index (κ1) is 22.7. The number of carbonyl (C=O) groups excluding carboxylic acids is 1. The molecule has 33 heavy (non-hydrogen) atoms. The van der Waals surface area contributed by atoms with Crippen LogP contribution in [0.25, 0.3) is 10.8 Å². The van der Waals surface area contributed by atoms with Crippen LogP contribution in [0.4, 0.5) is 0 Å². The van der Waals surface area contributed by atoms with Crippen molar-refractivity contribution in [2.45, 2.75) is 36.8 Å². The number of sulfone groups is 1. The zero-order valence-corrected chi connectivity index (χ0v) is 18.1. The highest BCUT2D eigenvalue weighted by atomic mass is 32.2. The van der Waals surface area contributed by atoms with E-state index in [1.165, 1.54) is 6.20 Å². The van der Waals surface area contributed by atoms with E-state index in [2.05, 4.69) is 15.2 Å². The topological polar surface area (TPSA) is 89.9 Å². The van der Waals surface area contributed by atoms with Gasteiger partial charge in [0.2, 0.25) is 0 Å². The fourth-order valence-electron chi connectivity index (χ4n) is 4.11. The van der Waals surface area contributed by atoms with Crippen molar-refractivity contribution in [2.24, 2.45) is 5.92 Å². The minimum atomic E-state index is -3.50. The zero-order chi connectivity index (χ0) is 22.1. The third kappa shape index (κ3) is 4.98. The standard InChI is InChI=1S/C25H21N3O3S.CH4/c29-25(13-17-3-4-20-15-26-11-9-19(20)12-17)24-14-23(24)18-5-7-22(8-6-18)32(30,31)16-21-2-1-10-27-28-21;/h1-12,15,23-24H,13-14,16H2;1H4/t23?,24-;/m1./s1. The average molecular weight is 460 g/mol. The fraction of sp³-hybridized carbons (Fsp3) is 0.231. The molecule has 4 aromatic rings.